The summed E-state index contributed by atoms with van der Waals surface area (Å²) in [5.74, 6) is -0.646. The molecule has 138 valence electrons. The number of carbonyl (C=O) groups is 2. The second-order valence-electron chi connectivity index (χ2n) is 6.89. The fraction of sp³-hybridized carbons (Fsp3) is 0.429. The van der Waals surface area contributed by atoms with Crippen LogP contribution in [0.1, 0.15) is 52.4 Å². The summed E-state index contributed by atoms with van der Waals surface area (Å²) in [6.07, 6.45) is 4.19. The third kappa shape index (κ3) is 4.73. The maximum Gasteiger partial charge on any atom is 0.349 e. The van der Waals surface area contributed by atoms with Crippen molar-refractivity contribution in [2.24, 2.45) is 0 Å². The number of aryl methyl sites for hydroxylation is 3. The van der Waals surface area contributed by atoms with E-state index < -0.39 is 12.1 Å². The van der Waals surface area contributed by atoms with Gasteiger partial charge in [-0.15, -0.1) is 11.3 Å². The Morgan fingerprint density at radius 1 is 1.19 bits per heavy atom. The molecule has 0 unspecified atom stereocenters. The second kappa shape index (κ2) is 8.49. The van der Waals surface area contributed by atoms with E-state index in [-0.39, 0.29) is 11.9 Å². The molecule has 1 heterocycles. The van der Waals surface area contributed by atoms with Crippen molar-refractivity contribution >= 4 is 23.2 Å². The van der Waals surface area contributed by atoms with Gasteiger partial charge in [-0.2, -0.15) is 0 Å². The van der Waals surface area contributed by atoms with E-state index in [4.69, 9.17) is 4.74 Å². The molecule has 0 saturated carbocycles. The van der Waals surface area contributed by atoms with E-state index in [2.05, 4.69) is 17.4 Å². The monoisotopic (exact) mass is 371 g/mol. The molecular weight excluding hydrogens is 346 g/mol. The quantitative estimate of drug-likeness (QED) is 0.751. The normalized spacial score (nSPS) is 15.2. The third-order valence-corrected chi connectivity index (χ3v) is 5.92. The molecule has 0 aliphatic heterocycles. The Morgan fingerprint density at radius 2 is 1.96 bits per heavy atom. The first-order valence-corrected chi connectivity index (χ1v) is 10.0. The SMILES string of the molecule is C[C@H](CCc1ccccc1)NC(=O)[C@@H](C)OC(=O)c1cc2c(s1)CCC2. The summed E-state index contributed by atoms with van der Waals surface area (Å²) >= 11 is 1.50. The second-order valence-corrected chi connectivity index (χ2v) is 8.03. The van der Waals surface area contributed by atoms with Crippen molar-refractivity contribution in [3.63, 3.8) is 0 Å². The van der Waals surface area contributed by atoms with Crippen LogP contribution < -0.4 is 5.32 Å². The number of carbonyl (C=O) groups excluding carboxylic acids is 2. The summed E-state index contributed by atoms with van der Waals surface area (Å²) in [6.45, 7) is 3.59. The lowest BCUT2D eigenvalue weighted by Gasteiger charge is -2.18. The van der Waals surface area contributed by atoms with E-state index in [1.807, 2.05) is 31.2 Å². The van der Waals surface area contributed by atoms with Crippen molar-refractivity contribution in [1.29, 1.82) is 0 Å². The average molecular weight is 372 g/mol. The van der Waals surface area contributed by atoms with Crippen LogP contribution in [0.3, 0.4) is 0 Å². The number of thiophene rings is 1. The van der Waals surface area contributed by atoms with E-state index in [0.29, 0.717) is 4.88 Å². The van der Waals surface area contributed by atoms with Gasteiger partial charge >= 0.3 is 5.97 Å². The Balaban J connectivity index is 1.45. The first kappa shape index (κ1) is 18.6. The van der Waals surface area contributed by atoms with Gasteiger partial charge < -0.3 is 10.1 Å². The van der Waals surface area contributed by atoms with Crippen molar-refractivity contribution < 1.29 is 14.3 Å². The molecule has 1 aliphatic carbocycles. The van der Waals surface area contributed by atoms with E-state index in [9.17, 15) is 9.59 Å². The molecule has 0 spiro atoms. The smallest absolute Gasteiger partial charge is 0.349 e. The van der Waals surface area contributed by atoms with Crippen LogP contribution >= 0.6 is 11.3 Å². The van der Waals surface area contributed by atoms with Gasteiger partial charge in [0, 0.05) is 10.9 Å². The highest BCUT2D eigenvalue weighted by molar-refractivity contribution is 7.14. The lowest BCUT2D eigenvalue weighted by molar-refractivity contribution is -0.129. The molecule has 1 aromatic carbocycles. The maximum absolute atomic E-state index is 12.3. The lowest BCUT2D eigenvalue weighted by atomic mass is 10.1. The van der Waals surface area contributed by atoms with E-state index >= 15 is 0 Å². The molecule has 2 aromatic rings. The molecule has 1 aromatic heterocycles. The number of amides is 1. The van der Waals surface area contributed by atoms with Gasteiger partial charge in [-0.1, -0.05) is 30.3 Å². The van der Waals surface area contributed by atoms with Crippen LogP contribution in [0.2, 0.25) is 0 Å². The van der Waals surface area contributed by atoms with Crippen LogP contribution in [-0.4, -0.2) is 24.0 Å². The molecule has 0 saturated heterocycles. The fourth-order valence-corrected chi connectivity index (χ4v) is 4.30. The highest BCUT2D eigenvalue weighted by atomic mass is 32.1. The minimum absolute atomic E-state index is 0.0226. The Morgan fingerprint density at radius 3 is 2.69 bits per heavy atom. The van der Waals surface area contributed by atoms with Crippen LogP contribution in [0.15, 0.2) is 36.4 Å². The van der Waals surface area contributed by atoms with Gasteiger partial charge in [0.05, 0.1) is 0 Å². The highest BCUT2D eigenvalue weighted by Crippen LogP contribution is 2.31. The Bertz CT molecular complexity index is 747. The first-order valence-electron chi connectivity index (χ1n) is 9.20. The molecule has 4 nitrogen and oxygen atoms in total. The van der Waals surface area contributed by atoms with Crippen LogP contribution in [0, 0.1) is 0 Å². The number of nitrogens with one attached hydrogen (secondary N) is 1. The Kier molecular flexibility index (Phi) is 6.09. The third-order valence-electron chi connectivity index (χ3n) is 4.70. The van der Waals surface area contributed by atoms with Crippen molar-refractivity contribution in [2.75, 3.05) is 0 Å². The Labute approximate surface area is 158 Å². The fourth-order valence-electron chi connectivity index (χ4n) is 3.16. The zero-order valence-electron chi connectivity index (χ0n) is 15.3. The van der Waals surface area contributed by atoms with Gasteiger partial charge in [0.15, 0.2) is 6.10 Å². The zero-order valence-corrected chi connectivity index (χ0v) is 16.1. The summed E-state index contributed by atoms with van der Waals surface area (Å²) in [7, 11) is 0. The number of benzene rings is 1. The summed E-state index contributed by atoms with van der Waals surface area (Å²) in [6, 6.07) is 12.1. The zero-order chi connectivity index (χ0) is 18.5. The number of esters is 1. The van der Waals surface area contributed by atoms with Crippen molar-refractivity contribution in [3.05, 3.63) is 57.3 Å². The van der Waals surface area contributed by atoms with E-state index in [1.165, 1.54) is 27.3 Å². The number of hydrogen-bond acceptors (Lipinski definition) is 4. The molecule has 1 aliphatic rings. The number of fused-ring (bicyclic) bond motifs is 1. The van der Waals surface area contributed by atoms with Gasteiger partial charge in [0.2, 0.25) is 0 Å². The largest absolute Gasteiger partial charge is 0.448 e. The number of rotatable bonds is 7. The van der Waals surface area contributed by atoms with Crippen molar-refractivity contribution in [1.82, 2.24) is 5.32 Å². The predicted molar refractivity (Wildman–Crippen MR) is 104 cm³/mol. The summed E-state index contributed by atoms with van der Waals surface area (Å²) in [5.41, 5.74) is 2.51. The maximum atomic E-state index is 12.3. The van der Waals surface area contributed by atoms with Crippen LogP contribution in [0.25, 0.3) is 0 Å². The molecule has 26 heavy (non-hydrogen) atoms. The van der Waals surface area contributed by atoms with Crippen molar-refractivity contribution in [2.45, 2.75) is 58.1 Å². The minimum atomic E-state index is -0.793. The van der Waals surface area contributed by atoms with Gasteiger partial charge in [-0.05, 0) is 63.1 Å². The van der Waals surface area contributed by atoms with Gasteiger partial charge in [-0.3, -0.25) is 4.79 Å². The van der Waals surface area contributed by atoms with Gasteiger partial charge in [0.1, 0.15) is 4.88 Å². The molecule has 0 radical (unpaired) electrons. The lowest BCUT2D eigenvalue weighted by Crippen LogP contribution is -2.40. The summed E-state index contributed by atoms with van der Waals surface area (Å²) in [4.78, 5) is 26.4. The van der Waals surface area contributed by atoms with Crippen molar-refractivity contribution in [3.8, 4) is 0 Å². The average Bonchev–Trinajstić information content (AvgIpc) is 3.22. The predicted octanol–water partition coefficient (Wildman–Crippen LogP) is 3.92. The molecular formula is C21H25NO3S. The molecule has 3 rings (SSSR count). The minimum Gasteiger partial charge on any atom is -0.448 e. The molecule has 1 N–H and O–H groups in total. The number of ether oxygens (including phenoxy) is 1. The standard InChI is InChI=1S/C21H25NO3S/c1-14(11-12-16-7-4-3-5-8-16)22-20(23)15(2)25-21(24)19-13-17-9-6-10-18(17)26-19/h3-5,7-8,13-15H,6,9-12H2,1-2H3,(H,22,23)/t14-,15-/m1/s1. The summed E-state index contributed by atoms with van der Waals surface area (Å²) in [5, 5.41) is 2.93. The number of hydrogen-bond donors (Lipinski definition) is 1. The van der Waals surface area contributed by atoms with Crippen LogP contribution in [0.5, 0.6) is 0 Å². The van der Waals surface area contributed by atoms with Crippen LogP contribution in [-0.2, 0) is 28.8 Å². The molecule has 0 bridgehead atoms. The molecule has 0 fully saturated rings. The Hall–Kier alpha value is -2.14. The molecule has 5 heteroatoms. The van der Waals surface area contributed by atoms with Crippen LogP contribution in [0.4, 0.5) is 0 Å². The van der Waals surface area contributed by atoms with E-state index in [0.717, 1.165) is 32.1 Å². The van der Waals surface area contributed by atoms with E-state index in [1.54, 1.807) is 6.92 Å². The first-order chi connectivity index (χ1) is 12.5. The summed E-state index contributed by atoms with van der Waals surface area (Å²) < 4.78 is 5.36. The molecule has 2 atom stereocenters. The van der Waals surface area contributed by atoms with Gasteiger partial charge in [-0.25, -0.2) is 4.79 Å². The molecule has 1 amide bonds. The topological polar surface area (TPSA) is 55.4 Å². The highest BCUT2D eigenvalue weighted by Gasteiger charge is 2.23. The van der Waals surface area contributed by atoms with Gasteiger partial charge in [0.25, 0.3) is 5.91 Å².